The number of aryl methyl sites for hydroxylation is 1. The van der Waals surface area contributed by atoms with Crippen molar-refractivity contribution in [3.8, 4) is 11.1 Å². The fourth-order valence-electron chi connectivity index (χ4n) is 3.94. The molecule has 0 bridgehead atoms. The maximum absolute atomic E-state index is 14.5. The molecule has 0 unspecified atom stereocenters. The summed E-state index contributed by atoms with van der Waals surface area (Å²) >= 11 is 0. The average molecular weight is 520 g/mol. The quantitative estimate of drug-likeness (QED) is 0.361. The molecule has 1 aromatic heterocycles. The Morgan fingerprint density at radius 1 is 1.03 bits per heavy atom. The van der Waals surface area contributed by atoms with Crippen LogP contribution in [0.15, 0.2) is 77.8 Å². The Labute approximate surface area is 204 Å². The van der Waals surface area contributed by atoms with E-state index in [2.05, 4.69) is 5.32 Å². The van der Waals surface area contributed by atoms with Gasteiger partial charge in [-0.2, -0.15) is 13.2 Å². The van der Waals surface area contributed by atoms with Crippen molar-refractivity contribution in [2.24, 2.45) is 7.05 Å². The summed E-state index contributed by atoms with van der Waals surface area (Å²) in [5.74, 6) is -1.09. The minimum absolute atomic E-state index is 0.0435. The van der Waals surface area contributed by atoms with Gasteiger partial charge in [-0.1, -0.05) is 18.2 Å². The van der Waals surface area contributed by atoms with Crippen LogP contribution in [0.2, 0.25) is 0 Å². The summed E-state index contributed by atoms with van der Waals surface area (Å²) in [7, 11) is -1.51. The van der Waals surface area contributed by atoms with Crippen molar-refractivity contribution >= 4 is 32.5 Å². The van der Waals surface area contributed by atoms with Gasteiger partial charge in [0.15, 0.2) is 0 Å². The number of fused-ring (bicyclic) bond motifs is 1. The van der Waals surface area contributed by atoms with Gasteiger partial charge in [-0.25, -0.2) is 12.8 Å². The van der Waals surface area contributed by atoms with Crippen LogP contribution in [-0.2, 0) is 17.1 Å². The van der Waals surface area contributed by atoms with Crippen molar-refractivity contribution in [2.75, 3.05) is 17.9 Å². The first-order chi connectivity index (χ1) is 16.9. The number of aromatic nitrogens is 1. The minimum Gasteiger partial charge on any atom is -0.355 e. The highest BCUT2D eigenvalue weighted by Crippen LogP contribution is 2.34. The van der Waals surface area contributed by atoms with E-state index in [1.807, 2.05) is 0 Å². The molecule has 3 aromatic carbocycles. The molecule has 0 atom stereocenters. The van der Waals surface area contributed by atoms with E-state index in [1.165, 1.54) is 61.6 Å². The molecular weight excluding hydrogens is 498 g/mol. The van der Waals surface area contributed by atoms with E-state index < -0.39 is 34.5 Å². The van der Waals surface area contributed by atoms with Gasteiger partial charge in [0.2, 0.25) is 0 Å². The lowest BCUT2D eigenvalue weighted by Gasteiger charge is -2.26. The zero-order chi connectivity index (χ0) is 26.3. The van der Waals surface area contributed by atoms with Crippen molar-refractivity contribution in [1.29, 1.82) is 0 Å². The zero-order valence-electron chi connectivity index (χ0n) is 19.2. The number of anilines is 1. The Kier molecular flexibility index (Phi) is 6.52. The van der Waals surface area contributed by atoms with Gasteiger partial charge in [-0.15, -0.1) is 0 Å². The number of rotatable bonds is 6. The van der Waals surface area contributed by atoms with Crippen LogP contribution in [0, 0.1) is 5.82 Å². The van der Waals surface area contributed by atoms with Crippen LogP contribution in [0.3, 0.4) is 0 Å². The number of sulfonamides is 1. The van der Waals surface area contributed by atoms with Crippen molar-refractivity contribution < 1.29 is 30.8 Å². The van der Waals surface area contributed by atoms with Crippen LogP contribution in [0.5, 0.6) is 0 Å². The third kappa shape index (κ3) is 4.78. The van der Waals surface area contributed by atoms with E-state index in [-0.39, 0.29) is 37.0 Å². The average Bonchev–Trinajstić information content (AvgIpc) is 3.22. The first-order valence-corrected chi connectivity index (χ1v) is 12.1. The topological polar surface area (TPSA) is 71.4 Å². The lowest BCUT2D eigenvalue weighted by Crippen LogP contribution is -2.39. The van der Waals surface area contributed by atoms with Gasteiger partial charge < -0.3 is 9.88 Å². The maximum atomic E-state index is 14.5. The molecule has 188 valence electrons. The minimum atomic E-state index is -4.83. The maximum Gasteiger partial charge on any atom is 0.407 e. The SMILES string of the molecule is CNC(=O)c1ccc(F)c(-c2ccc(N(CC(F)(F)F)S(=O)(=O)c3cccc4c3ccn4C)cc2)c1. The molecule has 0 saturated carbocycles. The monoisotopic (exact) mass is 519 g/mol. The molecule has 1 N–H and O–H groups in total. The van der Waals surface area contributed by atoms with Gasteiger partial charge in [-0.3, -0.25) is 9.10 Å². The van der Waals surface area contributed by atoms with E-state index in [4.69, 9.17) is 0 Å². The Balaban J connectivity index is 1.79. The largest absolute Gasteiger partial charge is 0.407 e. The second kappa shape index (κ2) is 9.30. The molecule has 36 heavy (non-hydrogen) atoms. The number of hydrogen-bond donors (Lipinski definition) is 1. The van der Waals surface area contributed by atoms with E-state index in [1.54, 1.807) is 23.9 Å². The molecule has 4 aromatic rings. The second-order valence-electron chi connectivity index (χ2n) is 8.06. The Hall–Kier alpha value is -3.86. The smallest absolute Gasteiger partial charge is 0.355 e. The summed E-state index contributed by atoms with van der Waals surface area (Å²) in [6.45, 7) is -1.75. The van der Waals surface area contributed by atoms with E-state index >= 15 is 0 Å². The van der Waals surface area contributed by atoms with Gasteiger partial charge in [0.25, 0.3) is 15.9 Å². The first-order valence-electron chi connectivity index (χ1n) is 10.7. The van der Waals surface area contributed by atoms with Gasteiger partial charge in [-0.05, 0) is 54.1 Å². The molecule has 11 heteroatoms. The summed E-state index contributed by atoms with van der Waals surface area (Å²) in [5.41, 5.74) is 0.797. The number of alkyl halides is 3. The van der Waals surface area contributed by atoms with Gasteiger partial charge in [0, 0.05) is 42.3 Å². The fourth-order valence-corrected chi connectivity index (χ4v) is 5.59. The standard InChI is InChI=1S/C25H21F4N3O3S/c1-30-24(33)17-8-11-21(26)20(14-17)16-6-9-18(10-7-16)32(15-25(27,28)29)36(34,35)23-5-3-4-22-19(23)12-13-31(22)2/h3-14H,15H2,1-2H3,(H,30,33). The lowest BCUT2D eigenvalue weighted by molar-refractivity contribution is -0.117. The Morgan fingerprint density at radius 3 is 2.36 bits per heavy atom. The lowest BCUT2D eigenvalue weighted by atomic mass is 10.0. The number of hydrogen-bond acceptors (Lipinski definition) is 3. The predicted molar refractivity (Wildman–Crippen MR) is 129 cm³/mol. The summed E-state index contributed by atoms with van der Waals surface area (Å²) < 4.78 is 84.0. The number of carbonyl (C=O) groups is 1. The Bertz CT molecular complexity index is 1550. The summed E-state index contributed by atoms with van der Waals surface area (Å²) in [5, 5.41) is 2.72. The number of amides is 1. The van der Waals surface area contributed by atoms with Crippen LogP contribution in [-0.4, -0.2) is 38.7 Å². The number of nitrogens with zero attached hydrogens (tertiary/aromatic N) is 2. The molecule has 6 nitrogen and oxygen atoms in total. The van der Waals surface area contributed by atoms with Gasteiger partial charge >= 0.3 is 6.18 Å². The first kappa shape index (κ1) is 25.2. The van der Waals surface area contributed by atoms with Gasteiger partial charge in [0.05, 0.1) is 10.6 Å². The van der Waals surface area contributed by atoms with Crippen molar-refractivity contribution in [3.63, 3.8) is 0 Å². The molecular formula is C25H21F4N3O3S. The Morgan fingerprint density at radius 2 is 1.72 bits per heavy atom. The van der Waals surface area contributed by atoms with E-state index in [0.717, 1.165) is 6.07 Å². The summed E-state index contributed by atoms with van der Waals surface area (Å²) in [4.78, 5) is 11.6. The molecule has 0 aliphatic carbocycles. The molecule has 0 radical (unpaired) electrons. The summed E-state index contributed by atoms with van der Waals surface area (Å²) in [6, 6.07) is 14.6. The molecule has 0 saturated heterocycles. The zero-order valence-corrected chi connectivity index (χ0v) is 20.0. The number of carbonyl (C=O) groups excluding carboxylic acids is 1. The van der Waals surface area contributed by atoms with Crippen LogP contribution < -0.4 is 9.62 Å². The molecule has 0 aliphatic rings. The number of benzene rings is 3. The third-order valence-corrected chi connectivity index (χ3v) is 7.53. The molecule has 4 rings (SSSR count). The molecule has 1 amide bonds. The molecule has 1 heterocycles. The normalized spacial score (nSPS) is 12.1. The third-order valence-electron chi connectivity index (χ3n) is 5.70. The van der Waals surface area contributed by atoms with Crippen LogP contribution >= 0.6 is 0 Å². The van der Waals surface area contributed by atoms with Crippen LogP contribution in [0.25, 0.3) is 22.0 Å². The highest BCUT2D eigenvalue weighted by molar-refractivity contribution is 7.93. The van der Waals surface area contributed by atoms with Crippen molar-refractivity contribution in [2.45, 2.75) is 11.1 Å². The highest BCUT2D eigenvalue weighted by Gasteiger charge is 2.38. The summed E-state index contributed by atoms with van der Waals surface area (Å²) in [6.07, 6.45) is -3.21. The van der Waals surface area contributed by atoms with Crippen molar-refractivity contribution in [3.05, 3.63) is 84.3 Å². The highest BCUT2D eigenvalue weighted by atomic mass is 32.2. The van der Waals surface area contributed by atoms with Gasteiger partial charge in [0.1, 0.15) is 12.4 Å². The fraction of sp³-hybridized carbons (Fsp3) is 0.160. The molecule has 0 fully saturated rings. The molecule has 0 aliphatic heterocycles. The van der Waals surface area contributed by atoms with Crippen LogP contribution in [0.1, 0.15) is 10.4 Å². The predicted octanol–water partition coefficient (Wildman–Crippen LogP) is 5.10. The van der Waals surface area contributed by atoms with E-state index in [0.29, 0.717) is 5.52 Å². The van der Waals surface area contributed by atoms with E-state index in [9.17, 15) is 30.8 Å². The van der Waals surface area contributed by atoms with Crippen molar-refractivity contribution in [1.82, 2.24) is 9.88 Å². The molecule has 0 spiro atoms. The number of nitrogens with one attached hydrogen (secondary N) is 1. The van der Waals surface area contributed by atoms with Crippen LogP contribution in [0.4, 0.5) is 23.2 Å². The number of halogens is 4. The second-order valence-corrected chi connectivity index (χ2v) is 9.89.